The minimum Gasteiger partial charge on any atom is -0.322 e. The summed E-state index contributed by atoms with van der Waals surface area (Å²) in [6.45, 7) is 23.2. The Morgan fingerprint density at radius 3 is 1.32 bits per heavy atom. The van der Waals surface area contributed by atoms with Gasteiger partial charge in [0.15, 0.2) is 0 Å². The average molecular weight is 1510 g/mol. The number of rotatable bonds is 31. The van der Waals surface area contributed by atoms with Crippen LogP contribution in [-0.2, 0) is 12.8 Å². The van der Waals surface area contributed by atoms with E-state index < -0.39 is 11.6 Å². The summed E-state index contributed by atoms with van der Waals surface area (Å²) in [7, 11) is 0. The van der Waals surface area contributed by atoms with Gasteiger partial charge in [0.25, 0.3) is 11.8 Å². The summed E-state index contributed by atoms with van der Waals surface area (Å²) in [6, 6.07) is 19.5. The van der Waals surface area contributed by atoms with Crippen molar-refractivity contribution in [2.24, 2.45) is 23.7 Å². The Balaban J connectivity index is 0.957. The van der Waals surface area contributed by atoms with E-state index in [9.17, 15) is 9.59 Å². The first-order valence-corrected chi connectivity index (χ1v) is 42.8. The molecule has 0 fully saturated rings. The minimum atomic E-state index is -0.553. The second-order valence-corrected chi connectivity index (χ2v) is 37.0. The molecule has 0 saturated heterocycles. The number of carbonyl (C=O) groups is 2. The van der Waals surface area contributed by atoms with E-state index in [-0.39, 0.29) is 28.9 Å². The van der Waals surface area contributed by atoms with Gasteiger partial charge in [0.1, 0.15) is 21.6 Å². The second kappa shape index (κ2) is 31.2. The van der Waals surface area contributed by atoms with Gasteiger partial charge in [-0.15, -0.1) is 90.7 Å². The van der Waals surface area contributed by atoms with Crippen LogP contribution in [0.2, 0.25) is 10.0 Å². The van der Waals surface area contributed by atoms with E-state index in [0.717, 1.165) is 139 Å². The highest BCUT2D eigenvalue weighted by atomic mass is 35.5. The molecule has 2 aliphatic heterocycles. The summed E-state index contributed by atoms with van der Waals surface area (Å²) >= 11 is 41.3. The van der Waals surface area contributed by atoms with Crippen LogP contribution in [0.15, 0.2) is 60.7 Å². The Morgan fingerprint density at radius 1 is 0.427 bits per heavy atom. The Labute approximate surface area is 619 Å². The lowest BCUT2D eigenvalue weighted by atomic mass is 9.95. The molecule has 4 unspecified atom stereocenters. The van der Waals surface area contributed by atoms with Crippen LogP contribution < -0.4 is 0 Å². The molecule has 2 amide bonds. The summed E-state index contributed by atoms with van der Waals surface area (Å²) in [5.74, 6) is 0.148. The van der Waals surface area contributed by atoms with Crippen molar-refractivity contribution in [3.63, 3.8) is 0 Å². The van der Waals surface area contributed by atoms with Crippen LogP contribution in [0.5, 0.6) is 0 Å². The van der Waals surface area contributed by atoms with Crippen molar-refractivity contribution in [3.8, 4) is 71.0 Å². The van der Waals surface area contributed by atoms with Crippen molar-refractivity contribution >= 4 is 180 Å². The zero-order chi connectivity index (χ0) is 68.0. The van der Waals surface area contributed by atoms with Crippen LogP contribution in [0.1, 0.15) is 209 Å². The molecule has 96 heavy (non-hydrogen) atoms. The maximum Gasteiger partial charge on any atom is 0.263 e. The fourth-order valence-electron chi connectivity index (χ4n) is 14.1. The summed E-state index contributed by atoms with van der Waals surface area (Å²) in [4.78, 5) is 46.5. The van der Waals surface area contributed by atoms with Crippen molar-refractivity contribution in [3.05, 3.63) is 124 Å². The first-order chi connectivity index (χ1) is 46.4. The molecule has 18 heteroatoms. The standard InChI is InChI=1S/C78H84Cl2F2N2O2S10/c1-11-19-23-43(15-5)32-59-51(79)37-61(93-59)65-49-31-41(9)89-70(49)66(62-38-52(80)60(94-62)33-44(16-6)24-20-12-2)50-36-63(95-71(50)65)74-69-68(77(87)84(78(69)88)40-46(18-8)26-22-14-4)73(96-74)58-30-28-56(92-58)48-35-53(81)47(34-54(48)82)55-27-29-57(91-55)72-67-64(42(10)90-72)75(85)83(76(67)86)39-45(17-7)25-21-13-3/h27-31,34-38,43-46H,11-26,32-33,39-40H2,1-10H3. The Morgan fingerprint density at radius 2 is 0.844 bits per heavy atom. The van der Waals surface area contributed by atoms with Crippen LogP contribution >= 0.6 is 138 Å². The van der Waals surface area contributed by atoms with E-state index in [1.54, 1.807) is 17.4 Å². The SMILES string of the molecule is CCCCC(CC)Cc1sc(-c2c3cc(-c4sc(-c5ccc(-c6cc(F)c(-c7ccc(-c8sc(C)c9c8C(=O)N(CC(CC)CCCC)C9=O)s7)cc6F)s5)c5c4C(=S)N(CC(CC)CCCC)C5=S)sc3c(-c3cc(Cl)c(CC(CC)CCCC)s3)c3cc(C)sc23)cc1Cl. The van der Waals surface area contributed by atoms with Gasteiger partial charge >= 0.3 is 0 Å². The van der Waals surface area contributed by atoms with Crippen LogP contribution in [0.25, 0.3) is 91.2 Å². The number of halogens is 4. The third kappa shape index (κ3) is 14.0. The molecule has 0 spiro atoms. The Kier molecular flexibility index (Phi) is 23.3. The maximum absolute atomic E-state index is 17.0. The average Bonchev–Trinajstić information content (AvgIpc) is 1.55. The fourth-order valence-corrected chi connectivity index (χ4v) is 25.6. The summed E-state index contributed by atoms with van der Waals surface area (Å²) in [6.07, 6.45) is 19.6. The number of imide groups is 1. The fraction of sp³-hybridized carbons (Fsp3) is 0.436. The summed E-state index contributed by atoms with van der Waals surface area (Å²) in [5, 5.41) is 4.09. The van der Waals surface area contributed by atoms with Gasteiger partial charge < -0.3 is 4.90 Å². The van der Waals surface area contributed by atoms with Crippen LogP contribution in [0, 0.1) is 49.2 Å². The Hall–Kier alpha value is -3.88. The molecular weight excluding hydrogens is 1430 g/mol. The molecule has 4 atom stereocenters. The lowest BCUT2D eigenvalue weighted by Crippen LogP contribution is -2.34. The van der Waals surface area contributed by atoms with Gasteiger partial charge in [0.05, 0.1) is 35.8 Å². The number of benzene rings is 2. The van der Waals surface area contributed by atoms with E-state index in [1.807, 2.05) is 70.5 Å². The monoisotopic (exact) mass is 1510 g/mol. The number of hydrogen-bond acceptors (Lipinski definition) is 12. The molecule has 10 aromatic rings. The van der Waals surface area contributed by atoms with Crippen LogP contribution in [0.3, 0.4) is 0 Å². The highest BCUT2D eigenvalue weighted by molar-refractivity contribution is 7.83. The number of thiophene rings is 8. The van der Waals surface area contributed by atoms with E-state index in [4.69, 9.17) is 47.6 Å². The highest BCUT2D eigenvalue weighted by Gasteiger charge is 2.43. The first-order valence-electron chi connectivity index (χ1n) is 34.7. The van der Waals surface area contributed by atoms with Crippen LogP contribution in [0.4, 0.5) is 8.78 Å². The molecule has 2 aliphatic rings. The van der Waals surface area contributed by atoms with Gasteiger partial charge in [-0.25, -0.2) is 8.78 Å². The van der Waals surface area contributed by atoms with Crippen molar-refractivity contribution in [1.29, 1.82) is 0 Å². The zero-order valence-corrected chi connectivity index (χ0v) is 66.2. The van der Waals surface area contributed by atoms with Crippen molar-refractivity contribution in [2.75, 3.05) is 13.1 Å². The number of carbonyl (C=O) groups excluding carboxylic acids is 2. The van der Waals surface area contributed by atoms with E-state index in [2.05, 4.69) is 91.5 Å². The van der Waals surface area contributed by atoms with Gasteiger partial charge in [0, 0.05) is 120 Å². The van der Waals surface area contributed by atoms with Gasteiger partial charge in [-0.2, -0.15) is 0 Å². The Bertz CT molecular complexity index is 4440. The molecule has 8 aromatic heterocycles. The number of aryl methyl sites for hydroxylation is 2. The predicted octanol–water partition coefficient (Wildman–Crippen LogP) is 28.6. The number of unbranched alkanes of at least 4 members (excludes halogenated alkanes) is 4. The number of thiocarbonyl (C=S) groups is 2. The van der Waals surface area contributed by atoms with E-state index in [1.165, 1.54) is 145 Å². The predicted molar refractivity (Wildman–Crippen MR) is 428 cm³/mol. The first kappa shape index (κ1) is 71.9. The third-order valence-electron chi connectivity index (χ3n) is 19.9. The molecule has 4 nitrogen and oxygen atoms in total. The normalized spacial score (nSPS) is 14.6. The molecule has 0 radical (unpaired) electrons. The van der Waals surface area contributed by atoms with Gasteiger partial charge in [-0.1, -0.05) is 193 Å². The number of fused-ring (bicyclic) bond motifs is 4. The third-order valence-corrected chi connectivity index (χ3v) is 31.3. The van der Waals surface area contributed by atoms with Gasteiger partial charge in [-0.3, -0.25) is 14.5 Å². The molecule has 0 saturated carbocycles. The molecule has 0 aliphatic carbocycles. The minimum absolute atomic E-state index is 0.138. The molecule has 506 valence electrons. The molecule has 10 heterocycles. The number of nitrogens with zero attached hydrogens (tertiary/aromatic N) is 2. The van der Waals surface area contributed by atoms with Gasteiger partial charge in [-0.05, 0) is 124 Å². The van der Waals surface area contributed by atoms with Crippen molar-refractivity contribution in [1.82, 2.24) is 9.80 Å². The largest absolute Gasteiger partial charge is 0.322 e. The molecule has 0 bridgehead atoms. The zero-order valence-electron chi connectivity index (χ0n) is 56.5. The smallest absolute Gasteiger partial charge is 0.263 e. The molecule has 12 rings (SSSR count). The lowest BCUT2D eigenvalue weighted by Gasteiger charge is -2.25. The molecule has 2 aromatic carbocycles. The molecule has 0 N–H and O–H groups in total. The van der Waals surface area contributed by atoms with Gasteiger partial charge in [0.2, 0.25) is 0 Å². The molecular formula is C78H84Cl2F2N2O2S10. The van der Waals surface area contributed by atoms with Crippen LogP contribution in [-0.4, -0.2) is 44.7 Å². The van der Waals surface area contributed by atoms with E-state index in [0.29, 0.717) is 55.0 Å². The lowest BCUT2D eigenvalue weighted by molar-refractivity contribution is 0.0624. The van der Waals surface area contributed by atoms with Crippen molar-refractivity contribution < 1.29 is 18.4 Å². The second-order valence-electron chi connectivity index (χ2n) is 26.4. The maximum atomic E-state index is 17.0. The quantitative estimate of drug-likeness (QED) is 0.0320. The highest BCUT2D eigenvalue weighted by Crippen LogP contribution is 2.58. The summed E-state index contributed by atoms with van der Waals surface area (Å²) in [5.41, 5.74) is 5.55. The topological polar surface area (TPSA) is 40.6 Å². The number of amides is 2. The van der Waals surface area contributed by atoms with Crippen molar-refractivity contribution in [2.45, 2.75) is 185 Å². The summed E-state index contributed by atoms with van der Waals surface area (Å²) < 4.78 is 36.4. The number of hydrogen-bond donors (Lipinski definition) is 0. The van der Waals surface area contributed by atoms with E-state index >= 15 is 8.78 Å².